The van der Waals surface area contributed by atoms with Crippen LogP contribution in [0, 0.1) is 11.2 Å². The molecule has 2 aromatic heterocycles. The lowest BCUT2D eigenvalue weighted by Crippen LogP contribution is -2.37. The zero-order chi connectivity index (χ0) is 22.3. The lowest BCUT2D eigenvalue weighted by molar-refractivity contribution is -0.132. The van der Waals surface area contributed by atoms with Gasteiger partial charge in [0, 0.05) is 24.0 Å². The van der Waals surface area contributed by atoms with Crippen LogP contribution in [0.2, 0.25) is 0 Å². The van der Waals surface area contributed by atoms with Gasteiger partial charge in [0.15, 0.2) is 5.65 Å². The molecule has 5 rings (SSSR count). The monoisotopic (exact) mass is 431 g/mol. The highest BCUT2D eigenvalue weighted by Crippen LogP contribution is 2.59. The van der Waals surface area contributed by atoms with Gasteiger partial charge in [0.05, 0.1) is 5.39 Å². The quantitative estimate of drug-likeness (QED) is 0.403. The molecule has 1 aliphatic carbocycles. The van der Waals surface area contributed by atoms with E-state index < -0.39 is 23.0 Å². The summed E-state index contributed by atoms with van der Waals surface area (Å²) in [6, 6.07) is 14.2. The van der Waals surface area contributed by atoms with E-state index in [1.807, 2.05) is 12.1 Å². The highest BCUT2D eigenvalue weighted by atomic mass is 19.1. The summed E-state index contributed by atoms with van der Waals surface area (Å²) in [5.41, 5.74) is 6.02. The fourth-order valence-corrected chi connectivity index (χ4v) is 3.89. The minimum Gasteiger partial charge on any atom is -0.456 e. The number of H-pyrrole nitrogens is 1. The van der Waals surface area contributed by atoms with Crippen LogP contribution in [0.1, 0.15) is 17.9 Å². The molecular formula is C23H18FN5O3. The molecule has 0 aliphatic heterocycles. The van der Waals surface area contributed by atoms with Crippen LogP contribution in [-0.2, 0) is 9.59 Å². The van der Waals surface area contributed by atoms with Gasteiger partial charge in [0.25, 0.3) is 0 Å². The zero-order valence-corrected chi connectivity index (χ0v) is 16.7. The van der Waals surface area contributed by atoms with Gasteiger partial charge in [-0.05, 0) is 54.4 Å². The molecule has 160 valence electrons. The second-order valence-corrected chi connectivity index (χ2v) is 7.66. The number of nitrogens with two attached hydrogens (primary N) is 1. The van der Waals surface area contributed by atoms with Gasteiger partial charge in [0.2, 0.25) is 11.8 Å². The maximum absolute atomic E-state index is 13.1. The molecule has 9 heteroatoms. The average molecular weight is 431 g/mol. The molecule has 32 heavy (non-hydrogen) atoms. The molecular weight excluding hydrogens is 413 g/mol. The number of hydrogen-bond acceptors (Lipinski definition) is 5. The number of benzene rings is 2. The fraction of sp³-hybridized carbons (Fsp3) is 0.130. The number of nitrogens with one attached hydrogen (secondary N) is 2. The van der Waals surface area contributed by atoms with E-state index in [4.69, 9.17) is 10.5 Å². The van der Waals surface area contributed by atoms with E-state index in [0.717, 1.165) is 10.9 Å². The second-order valence-electron chi connectivity index (χ2n) is 7.66. The number of primary amides is 1. The van der Waals surface area contributed by atoms with E-state index in [2.05, 4.69) is 20.5 Å². The van der Waals surface area contributed by atoms with Crippen LogP contribution in [0.15, 0.2) is 67.0 Å². The first-order chi connectivity index (χ1) is 15.5. The van der Waals surface area contributed by atoms with Crippen LogP contribution in [0.3, 0.4) is 0 Å². The first-order valence-electron chi connectivity index (χ1n) is 9.90. The van der Waals surface area contributed by atoms with Crippen LogP contribution >= 0.6 is 0 Å². The number of hydrogen-bond donors (Lipinski definition) is 3. The smallest absolute Gasteiger partial charge is 0.240 e. The van der Waals surface area contributed by atoms with Gasteiger partial charge in [0.1, 0.15) is 22.7 Å². The number of rotatable bonds is 6. The first-order valence-corrected chi connectivity index (χ1v) is 9.90. The molecule has 1 saturated carbocycles. The fourth-order valence-electron chi connectivity index (χ4n) is 3.89. The van der Waals surface area contributed by atoms with Crippen molar-refractivity contribution < 1.29 is 18.7 Å². The number of pyridine rings is 1. The predicted molar refractivity (Wildman–Crippen MR) is 114 cm³/mol. The number of nitrogens with zero attached hydrogens (tertiary/aromatic N) is 2. The van der Waals surface area contributed by atoms with Crippen LogP contribution in [0.25, 0.3) is 11.0 Å². The van der Waals surface area contributed by atoms with Crippen LogP contribution in [0.4, 0.5) is 10.1 Å². The van der Waals surface area contributed by atoms with Crippen molar-refractivity contribution in [2.24, 2.45) is 11.1 Å². The van der Waals surface area contributed by atoms with Crippen molar-refractivity contribution in [2.75, 3.05) is 5.32 Å². The van der Waals surface area contributed by atoms with E-state index in [-0.39, 0.29) is 5.92 Å². The lowest BCUT2D eigenvalue weighted by Gasteiger charge is -2.14. The Morgan fingerprint density at radius 2 is 1.88 bits per heavy atom. The van der Waals surface area contributed by atoms with Gasteiger partial charge in [-0.15, -0.1) is 0 Å². The largest absolute Gasteiger partial charge is 0.456 e. The molecule has 0 saturated heterocycles. The minimum atomic E-state index is -1.34. The number of amides is 2. The third kappa shape index (κ3) is 3.33. The molecule has 0 radical (unpaired) electrons. The summed E-state index contributed by atoms with van der Waals surface area (Å²) in [6.45, 7) is 0. The summed E-state index contributed by atoms with van der Waals surface area (Å²) in [7, 11) is 0. The van der Waals surface area contributed by atoms with Gasteiger partial charge >= 0.3 is 0 Å². The highest BCUT2D eigenvalue weighted by Gasteiger charge is 2.65. The van der Waals surface area contributed by atoms with Crippen LogP contribution in [-0.4, -0.2) is 27.0 Å². The first kappa shape index (κ1) is 19.7. The molecule has 8 nitrogen and oxygen atoms in total. The maximum Gasteiger partial charge on any atom is 0.240 e. The number of carbonyl (C=O) groups excluding carboxylic acids is 2. The Morgan fingerprint density at radius 1 is 1.12 bits per heavy atom. The number of fused-ring (bicyclic) bond motifs is 1. The van der Waals surface area contributed by atoms with Gasteiger partial charge in [-0.1, -0.05) is 12.1 Å². The Morgan fingerprint density at radius 3 is 2.59 bits per heavy atom. The second kappa shape index (κ2) is 7.45. The van der Waals surface area contributed by atoms with Crippen molar-refractivity contribution in [3.8, 4) is 11.5 Å². The summed E-state index contributed by atoms with van der Waals surface area (Å²) in [6.07, 6.45) is 3.62. The van der Waals surface area contributed by atoms with Crippen molar-refractivity contribution >= 4 is 28.5 Å². The van der Waals surface area contributed by atoms with Gasteiger partial charge in [-0.3, -0.25) is 14.7 Å². The van der Waals surface area contributed by atoms with Crippen molar-refractivity contribution in [3.63, 3.8) is 0 Å². The van der Waals surface area contributed by atoms with Gasteiger partial charge in [-0.2, -0.15) is 5.10 Å². The van der Waals surface area contributed by atoms with Gasteiger partial charge in [-0.25, -0.2) is 9.37 Å². The molecule has 2 heterocycles. The molecule has 4 N–H and O–H groups in total. The third-order valence-electron chi connectivity index (χ3n) is 5.73. The summed E-state index contributed by atoms with van der Waals surface area (Å²) in [4.78, 5) is 29.2. The molecule has 2 unspecified atom stereocenters. The van der Waals surface area contributed by atoms with Crippen molar-refractivity contribution in [1.82, 2.24) is 15.2 Å². The molecule has 0 bridgehead atoms. The molecule has 2 aromatic carbocycles. The lowest BCUT2D eigenvalue weighted by atomic mass is 9.97. The van der Waals surface area contributed by atoms with Crippen molar-refractivity contribution in [1.29, 1.82) is 0 Å². The summed E-state index contributed by atoms with van der Waals surface area (Å²) < 4.78 is 19.0. The molecule has 2 atom stereocenters. The molecule has 4 aromatic rings. The van der Waals surface area contributed by atoms with Crippen LogP contribution in [0.5, 0.6) is 11.5 Å². The number of aromatic nitrogens is 3. The SMILES string of the molecule is NC(=O)C1(C(=O)Nc2ccc(F)cc2)CC1c1ccc(Oc2ccnc3n[nH]cc23)cc1. The highest BCUT2D eigenvalue weighted by molar-refractivity contribution is 6.14. The third-order valence-corrected chi connectivity index (χ3v) is 5.73. The van der Waals surface area contributed by atoms with Crippen molar-refractivity contribution in [3.05, 3.63) is 78.4 Å². The van der Waals surface area contributed by atoms with E-state index in [1.165, 1.54) is 24.3 Å². The topological polar surface area (TPSA) is 123 Å². The summed E-state index contributed by atoms with van der Waals surface area (Å²) >= 11 is 0. The van der Waals surface area contributed by atoms with E-state index >= 15 is 0 Å². The molecule has 0 spiro atoms. The molecule has 1 fully saturated rings. The number of aromatic amines is 1. The van der Waals surface area contributed by atoms with Gasteiger partial charge < -0.3 is 15.8 Å². The zero-order valence-electron chi connectivity index (χ0n) is 16.7. The number of ether oxygens (including phenoxy) is 1. The minimum absolute atomic E-state index is 0.301. The Bertz CT molecular complexity index is 1320. The normalized spacial score (nSPS) is 19.5. The predicted octanol–water partition coefficient (Wildman–Crippen LogP) is 3.49. The Kier molecular flexibility index (Phi) is 4.58. The number of anilines is 1. The summed E-state index contributed by atoms with van der Waals surface area (Å²) in [5.74, 6) is -0.769. The van der Waals surface area contributed by atoms with Crippen LogP contribution < -0.4 is 15.8 Å². The number of carbonyl (C=O) groups is 2. The molecule has 2 amide bonds. The number of halogens is 1. The maximum atomic E-state index is 13.1. The standard InChI is InChI=1S/C23H18FN5O3/c24-14-3-5-15(6-4-14)28-22(31)23(21(25)30)11-18(23)13-1-7-16(8-2-13)32-19-9-10-26-20-17(19)12-27-29-20/h1-10,12,18H,11H2,(H2,25,30)(H,28,31)(H,26,27,29). The van der Waals surface area contributed by atoms with E-state index in [9.17, 15) is 14.0 Å². The molecule has 1 aliphatic rings. The van der Waals surface area contributed by atoms with Crippen molar-refractivity contribution in [2.45, 2.75) is 12.3 Å². The Balaban J connectivity index is 1.33. The Hall–Kier alpha value is -4.27. The average Bonchev–Trinajstić information content (AvgIpc) is 3.38. The van der Waals surface area contributed by atoms with E-state index in [1.54, 1.807) is 30.6 Å². The summed E-state index contributed by atoms with van der Waals surface area (Å²) in [5, 5.41) is 10.2. The Labute approximate surface area is 181 Å². The van der Waals surface area contributed by atoms with E-state index in [0.29, 0.717) is 29.3 Å².